The monoisotopic (exact) mass is 433 g/mol. The van der Waals surface area contributed by atoms with Crippen LogP contribution in [-0.2, 0) is 11.3 Å². The van der Waals surface area contributed by atoms with Gasteiger partial charge in [0.1, 0.15) is 6.10 Å². The maximum Gasteiger partial charge on any atom is 0.251 e. The Morgan fingerprint density at radius 2 is 1.91 bits per heavy atom. The Morgan fingerprint density at radius 1 is 1.09 bits per heavy atom. The quantitative estimate of drug-likeness (QED) is 0.643. The molecule has 7 heteroatoms. The van der Waals surface area contributed by atoms with E-state index in [0.29, 0.717) is 36.7 Å². The zero-order chi connectivity index (χ0) is 22.5. The van der Waals surface area contributed by atoms with Crippen LogP contribution in [0.1, 0.15) is 35.7 Å². The van der Waals surface area contributed by atoms with E-state index in [2.05, 4.69) is 10.3 Å². The van der Waals surface area contributed by atoms with Crippen molar-refractivity contribution in [2.24, 2.45) is 0 Å². The number of piperidine rings is 1. The molecule has 7 nitrogen and oxygen atoms in total. The lowest BCUT2D eigenvalue weighted by Crippen LogP contribution is -2.40. The number of pyridine rings is 1. The molecule has 0 aliphatic carbocycles. The summed E-state index contributed by atoms with van der Waals surface area (Å²) in [5.41, 5.74) is 2.43. The number of aromatic nitrogens is 1. The minimum absolute atomic E-state index is 0.0241. The standard InChI is InChI=1S/C25H27N3O4/c1-17(29)28-12-9-21(10-13-28)32-24-15-20(6-8-23(24)31-2)25(30)27-16-18-5-7-22-19(14-18)4-3-11-26-22/h3-8,11,14-15,21H,9-10,12-13,16H2,1-2H3,(H,27,30). The molecule has 2 amide bonds. The predicted molar refractivity (Wildman–Crippen MR) is 122 cm³/mol. The zero-order valence-electron chi connectivity index (χ0n) is 18.3. The van der Waals surface area contributed by atoms with Gasteiger partial charge in [0.25, 0.3) is 5.91 Å². The molecule has 0 spiro atoms. The molecule has 3 aromatic rings. The largest absolute Gasteiger partial charge is 0.493 e. The summed E-state index contributed by atoms with van der Waals surface area (Å²) in [5.74, 6) is 1.02. The van der Waals surface area contributed by atoms with Crippen LogP contribution < -0.4 is 14.8 Å². The van der Waals surface area contributed by atoms with Crippen molar-refractivity contribution in [1.82, 2.24) is 15.2 Å². The summed E-state index contributed by atoms with van der Waals surface area (Å²) in [4.78, 5) is 30.5. The van der Waals surface area contributed by atoms with Crippen LogP contribution in [0.3, 0.4) is 0 Å². The van der Waals surface area contributed by atoms with Crippen LogP contribution in [0.2, 0.25) is 0 Å². The van der Waals surface area contributed by atoms with Crippen LogP contribution in [0.15, 0.2) is 54.7 Å². The Balaban J connectivity index is 1.41. The third kappa shape index (κ3) is 4.99. The van der Waals surface area contributed by atoms with Crippen LogP contribution in [0.25, 0.3) is 10.9 Å². The summed E-state index contributed by atoms with van der Waals surface area (Å²) in [7, 11) is 1.58. The zero-order valence-corrected chi connectivity index (χ0v) is 18.3. The highest BCUT2D eigenvalue weighted by Crippen LogP contribution is 2.31. The molecule has 2 aromatic carbocycles. The molecule has 1 aliphatic heterocycles. The molecule has 1 fully saturated rings. The van der Waals surface area contributed by atoms with Gasteiger partial charge in [0.2, 0.25) is 5.91 Å². The van der Waals surface area contributed by atoms with Gasteiger partial charge < -0.3 is 19.7 Å². The molecular weight excluding hydrogens is 406 g/mol. The number of carbonyl (C=O) groups is 2. The maximum absolute atomic E-state index is 12.8. The summed E-state index contributed by atoms with van der Waals surface area (Å²) < 4.78 is 11.6. The second-order valence-electron chi connectivity index (χ2n) is 7.90. The summed E-state index contributed by atoms with van der Waals surface area (Å²) in [5, 5.41) is 4.00. The number of carbonyl (C=O) groups excluding carboxylic acids is 2. The molecule has 0 unspecified atom stereocenters. The molecule has 0 atom stereocenters. The predicted octanol–water partition coefficient (Wildman–Crippen LogP) is 3.56. The minimum atomic E-state index is -0.185. The lowest BCUT2D eigenvalue weighted by molar-refractivity contribution is -0.130. The average molecular weight is 434 g/mol. The van der Waals surface area contributed by atoms with Crippen LogP contribution >= 0.6 is 0 Å². The lowest BCUT2D eigenvalue weighted by Gasteiger charge is -2.31. The average Bonchev–Trinajstić information content (AvgIpc) is 2.82. The fraction of sp³-hybridized carbons (Fsp3) is 0.320. The number of ether oxygens (including phenoxy) is 2. The van der Waals surface area contributed by atoms with Crippen LogP contribution in [-0.4, -0.2) is 48.0 Å². The summed E-state index contributed by atoms with van der Waals surface area (Å²) in [6, 6.07) is 15.0. The molecule has 0 radical (unpaired) electrons. The number of fused-ring (bicyclic) bond motifs is 1. The Hall–Kier alpha value is -3.61. The summed E-state index contributed by atoms with van der Waals surface area (Å²) >= 11 is 0. The van der Waals surface area contributed by atoms with Gasteiger partial charge in [-0.05, 0) is 42.0 Å². The molecule has 1 aromatic heterocycles. The number of methoxy groups -OCH3 is 1. The van der Waals surface area contributed by atoms with Gasteiger partial charge in [-0.1, -0.05) is 12.1 Å². The number of hydrogen-bond acceptors (Lipinski definition) is 5. The minimum Gasteiger partial charge on any atom is -0.493 e. The third-order valence-electron chi connectivity index (χ3n) is 5.73. The fourth-order valence-electron chi connectivity index (χ4n) is 3.90. The van der Waals surface area contributed by atoms with Gasteiger partial charge in [-0.2, -0.15) is 0 Å². The molecule has 32 heavy (non-hydrogen) atoms. The van der Waals surface area contributed by atoms with Crippen molar-refractivity contribution in [3.8, 4) is 11.5 Å². The molecule has 1 aliphatic rings. The van der Waals surface area contributed by atoms with Crippen LogP contribution in [0.4, 0.5) is 0 Å². The summed E-state index contributed by atoms with van der Waals surface area (Å²) in [6.45, 7) is 3.34. The Kier molecular flexibility index (Phi) is 6.54. The normalized spacial score (nSPS) is 14.2. The van der Waals surface area contributed by atoms with Gasteiger partial charge in [0.05, 0.1) is 12.6 Å². The molecule has 0 bridgehead atoms. The maximum atomic E-state index is 12.8. The van der Waals surface area contributed by atoms with Crippen LogP contribution in [0.5, 0.6) is 11.5 Å². The lowest BCUT2D eigenvalue weighted by atomic mass is 10.1. The Bertz CT molecular complexity index is 1120. The number of rotatable bonds is 6. The van der Waals surface area contributed by atoms with Crippen molar-refractivity contribution in [2.45, 2.75) is 32.4 Å². The third-order valence-corrected chi connectivity index (χ3v) is 5.73. The fourth-order valence-corrected chi connectivity index (χ4v) is 3.90. The van der Waals surface area contributed by atoms with E-state index >= 15 is 0 Å². The van der Waals surface area contributed by atoms with E-state index in [-0.39, 0.29) is 17.9 Å². The Labute approximate surface area is 187 Å². The molecule has 0 saturated carbocycles. The second-order valence-corrected chi connectivity index (χ2v) is 7.90. The first-order valence-electron chi connectivity index (χ1n) is 10.8. The first-order valence-corrected chi connectivity index (χ1v) is 10.8. The van der Waals surface area contributed by atoms with Crippen molar-refractivity contribution in [1.29, 1.82) is 0 Å². The van der Waals surface area contributed by atoms with Crippen molar-refractivity contribution >= 4 is 22.7 Å². The SMILES string of the molecule is COc1ccc(C(=O)NCc2ccc3ncccc3c2)cc1OC1CCN(C(C)=O)CC1. The first kappa shape index (κ1) is 21.6. The number of nitrogens with zero attached hydrogens (tertiary/aromatic N) is 2. The van der Waals surface area contributed by atoms with E-state index in [1.165, 1.54) is 0 Å². The van der Waals surface area contributed by atoms with Gasteiger partial charge in [-0.3, -0.25) is 14.6 Å². The van der Waals surface area contributed by atoms with Gasteiger partial charge in [-0.15, -0.1) is 0 Å². The molecule has 4 rings (SSSR count). The van der Waals surface area contributed by atoms with Gasteiger partial charge in [-0.25, -0.2) is 0 Å². The topological polar surface area (TPSA) is 80.8 Å². The number of amides is 2. The van der Waals surface area contributed by atoms with Crippen LogP contribution in [0, 0.1) is 0 Å². The molecule has 2 heterocycles. The van der Waals surface area contributed by atoms with Crippen molar-refractivity contribution in [3.05, 3.63) is 65.9 Å². The Morgan fingerprint density at radius 3 is 2.66 bits per heavy atom. The van der Waals surface area contributed by atoms with E-state index in [1.807, 2.05) is 35.2 Å². The number of benzene rings is 2. The highest BCUT2D eigenvalue weighted by atomic mass is 16.5. The van der Waals surface area contributed by atoms with Gasteiger partial charge in [0, 0.05) is 56.5 Å². The van der Waals surface area contributed by atoms with E-state index in [4.69, 9.17) is 9.47 Å². The molecule has 166 valence electrons. The first-order chi connectivity index (χ1) is 15.5. The molecule has 1 saturated heterocycles. The van der Waals surface area contributed by atoms with Crippen molar-refractivity contribution in [3.63, 3.8) is 0 Å². The number of likely N-dealkylation sites (tertiary alicyclic amines) is 1. The van der Waals surface area contributed by atoms with Crippen molar-refractivity contribution < 1.29 is 19.1 Å². The van der Waals surface area contributed by atoms with E-state index < -0.39 is 0 Å². The van der Waals surface area contributed by atoms with E-state index in [1.54, 1.807) is 38.4 Å². The van der Waals surface area contributed by atoms with E-state index in [9.17, 15) is 9.59 Å². The second kappa shape index (κ2) is 9.68. The number of hydrogen-bond donors (Lipinski definition) is 1. The molecule has 1 N–H and O–H groups in total. The molecular formula is C25H27N3O4. The van der Waals surface area contributed by atoms with E-state index in [0.717, 1.165) is 29.3 Å². The summed E-state index contributed by atoms with van der Waals surface area (Å²) in [6.07, 6.45) is 3.23. The number of nitrogens with one attached hydrogen (secondary N) is 1. The van der Waals surface area contributed by atoms with Crippen molar-refractivity contribution in [2.75, 3.05) is 20.2 Å². The highest BCUT2D eigenvalue weighted by molar-refractivity contribution is 5.95. The van der Waals surface area contributed by atoms with Gasteiger partial charge >= 0.3 is 0 Å². The van der Waals surface area contributed by atoms with Gasteiger partial charge in [0.15, 0.2) is 11.5 Å². The highest BCUT2D eigenvalue weighted by Gasteiger charge is 2.23. The smallest absolute Gasteiger partial charge is 0.251 e.